The van der Waals surface area contributed by atoms with E-state index in [2.05, 4.69) is 30.3 Å². The molecule has 0 saturated carbocycles. The minimum atomic E-state index is -0.781. The highest BCUT2D eigenvalue weighted by Gasteiger charge is 2.20. The van der Waals surface area contributed by atoms with E-state index in [9.17, 15) is 9.59 Å². The van der Waals surface area contributed by atoms with E-state index >= 15 is 0 Å². The Morgan fingerprint density at radius 2 is 1.56 bits per heavy atom. The summed E-state index contributed by atoms with van der Waals surface area (Å²) < 4.78 is 5.82. The second-order valence-corrected chi connectivity index (χ2v) is 8.03. The van der Waals surface area contributed by atoms with Crippen molar-refractivity contribution in [3.8, 4) is 0 Å². The molecule has 0 aliphatic heterocycles. The van der Waals surface area contributed by atoms with Crippen molar-refractivity contribution in [3.05, 3.63) is 84.1 Å². The summed E-state index contributed by atoms with van der Waals surface area (Å²) in [4.78, 5) is 25.9. The van der Waals surface area contributed by atoms with Crippen LogP contribution in [-0.4, -0.2) is 35.0 Å². The van der Waals surface area contributed by atoms with Gasteiger partial charge in [-0.1, -0.05) is 67.1 Å². The van der Waals surface area contributed by atoms with E-state index in [4.69, 9.17) is 9.52 Å². The van der Waals surface area contributed by atoms with Crippen LogP contribution in [0.1, 0.15) is 41.8 Å². The SMILES string of the molecule is O=C(O)CCCCCN(CCc1cccc2ccccc12)C(=O)c1cc2ccccc2o1. The molecule has 0 aliphatic rings. The molecule has 4 rings (SSSR count). The lowest BCUT2D eigenvalue weighted by Gasteiger charge is -2.22. The number of unbranched alkanes of at least 4 members (excludes halogenated alkanes) is 2. The first-order valence-electron chi connectivity index (χ1n) is 11.1. The zero-order valence-electron chi connectivity index (χ0n) is 18.0. The molecule has 3 aromatic carbocycles. The zero-order valence-corrected chi connectivity index (χ0v) is 18.0. The van der Waals surface area contributed by atoms with Gasteiger partial charge in [-0.05, 0) is 47.7 Å². The molecule has 0 unspecified atom stereocenters. The summed E-state index contributed by atoms with van der Waals surface area (Å²) in [5.41, 5.74) is 1.91. The van der Waals surface area contributed by atoms with E-state index in [1.54, 1.807) is 6.07 Å². The number of fused-ring (bicyclic) bond motifs is 2. The van der Waals surface area contributed by atoms with Gasteiger partial charge in [-0.3, -0.25) is 9.59 Å². The molecule has 0 bridgehead atoms. The van der Waals surface area contributed by atoms with Gasteiger partial charge in [-0.25, -0.2) is 0 Å². The largest absolute Gasteiger partial charge is 0.481 e. The van der Waals surface area contributed by atoms with Crippen molar-refractivity contribution < 1.29 is 19.1 Å². The number of rotatable bonds is 10. The number of carbonyl (C=O) groups excluding carboxylic acids is 1. The quantitative estimate of drug-likeness (QED) is 0.318. The van der Waals surface area contributed by atoms with Crippen molar-refractivity contribution in [3.63, 3.8) is 0 Å². The molecule has 0 saturated heterocycles. The summed E-state index contributed by atoms with van der Waals surface area (Å²) in [5, 5.41) is 12.1. The molecule has 4 aromatic rings. The van der Waals surface area contributed by atoms with E-state index in [1.807, 2.05) is 41.3 Å². The van der Waals surface area contributed by atoms with Gasteiger partial charge in [0.1, 0.15) is 5.58 Å². The van der Waals surface area contributed by atoms with Crippen LogP contribution >= 0.6 is 0 Å². The van der Waals surface area contributed by atoms with Gasteiger partial charge >= 0.3 is 5.97 Å². The van der Waals surface area contributed by atoms with Gasteiger partial charge in [0, 0.05) is 24.9 Å². The molecule has 5 nitrogen and oxygen atoms in total. The smallest absolute Gasteiger partial charge is 0.303 e. The standard InChI is InChI=1S/C27H27NO4/c29-26(30)15-2-1-7-17-28(27(31)25-19-22-10-4-6-14-24(22)32-25)18-16-21-12-8-11-20-9-3-5-13-23(20)21/h3-6,8-14,19H,1-2,7,15-18H2,(H,29,30). The number of amides is 1. The lowest BCUT2D eigenvalue weighted by atomic mass is 10.0. The molecule has 1 amide bonds. The van der Waals surface area contributed by atoms with E-state index in [-0.39, 0.29) is 12.3 Å². The summed E-state index contributed by atoms with van der Waals surface area (Å²) >= 11 is 0. The number of carboxylic acid groups (broad SMARTS) is 1. The number of para-hydroxylation sites is 1. The van der Waals surface area contributed by atoms with Crippen molar-refractivity contribution in [1.29, 1.82) is 0 Å². The second-order valence-electron chi connectivity index (χ2n) is 8.03. The van der Waals surface area contributed by atoms with E-state index in [0.717, 1.165) is 24.6 Å². The number of carbonyl (C=O) groups is 2. The molecule has 1 N–H and O–H groups in total. The van der Waals surface area contributed by atoms with Crippen molar-refractivity contribution in [2.24, 2.45) is 0 Å². The third-order valence-corrected chi connectivity index (χ3v) is 5.77. The van der Waals surface area contributed by atoms with Crippen LogP contribution in [0.25, 0.3) is 21.7 Å². The highest BCUT2D eigenvalue weighted by Crippen LogP contribution is 2.22. The lowest BCUT2D eigenvalue weighted by molar-refractivity contribution is -0.137. The molecule has 1 aromatic heterocycles. The highest BCUT2D eigenvalue weighted by molar-refractivity contribution is 5.96. The number of benzene rings is 3. The lowest BCUT2D eigenvalue weighted by Crippen LogP contribution is -2.33. The molecule has 0 atom stereocenters. The number of hydrogen-bond donors (Lipinski definition) is 1. The summed E-state index contributed by atoms with van der Waals surface area (Å²) in [6, 6.07) is 23.9. The maximum Gasteiger partial charge on any atom is 0.303 e. The molecule has 0 spiro atoms. The van der Waals surface area contributed by atoms with Crippen LogP contribution in [0.2, 0.25) is 0 Å². The van der Waals surface area contributed by atoms with Gasteiger partial charge in [0.15, 0.2) is 5.76 Å². The Balaban J connectivity index is 1.49. The predicted molar refractivity (Wildman–Crippen MR) is 126 cm³/mol. The van der Waals surface area contributed by atoms with Gasteiger partial charge in [0.25, 0.3) is 5.91 Å². The Bertz CT molecular complexity index is 1190. The van der Waals surface area contributed by atoms with E-state index in [0.29, 0.717) is 30.9 Å². The summed E-state index contributed by atoms with van der Waals surface area (Å²) in [6.07, 6.45) is 3.04. The van der Waals surface area contributed by atoms with Crippen molar-refractivity contribution in [2.75, 3.05) is 13.1 Å². The van der Waals surface area contributed by atoms with Crippen LogP contribution in [0, 0.1) is 0 Å². The number of aliphatic carboxylic acids is 1. The molecular weight excluding hydrogens is 402 g/mol. The minimum absolute atomic E-state index is 0.125. The van der Waals surface area contributed by atoms with Crippen LogP contribution in [0.4, 0.5) is 0 Å². The first-order chi connectivity index (χ1) is 15.6. The summed E-state index contributed by atoms with van der Waals surface area (Å²) in [6.45, 7) is 1.14. The average Bonchev–Trinajstić information content (AvgIpc) is 3.24. The fourth-order valence-corrected chi connectivity index (χ4v) is 4.08. The van der Waals surface area contributed by atoms with Crippen LogP contribution in [-0.2, 0) is 11.2 Å². The summed E-state index contributed by atoms with van der Waals surface area (Å²) in [5.74, 6) is -0.564. The van der Waals surface area contributed by atoms with Gasteiger partial charge in [-0.15, -0.1) is 0 Å². The third-order valence-electron chi connectivity index (χ3n) is 5.77. The topological polar surface area (TPSA) is 70.8 Å². The fraction of sp³-hybridized carbons (Fsp3) is 0.259. The van der Waals surface area contributed by atoms with Gasteiger partial charge in [0.05, 0.1) is 0 Å². The Kier molecular flexibility index (Phi) is 6.85. The highest BCUT2D eigenvalue weighted by atomic mass is 16.4. The Labute approximate surface area is 187 Å². The monoisotopic (exact) mass is 429 g/mol. The molecular formula is C27H27NO4. The number of carboxylic acids is 1. The van der Waals surface area contributed by atoms with E-state index in [1.165, 1.54) is 16.3 Å². The number of furan rings is 1. The number of hydrogen-bond acceptors (Lipinski definition) is 3. The number of nitrogens with zero attached hydrogens (tertiary/aromatic N) is 1. The Morgan fingerprint density at radius 1 is 0.812 bits per heavy atom. The van der Waals surface area contributed by atoms with Crippen molar-refractivity contribution in [2.45, 2.75) is 32.1 Å². The molecule has 32 heavy (non-hydrogen) atoms. The first kappa shape index (κ1) is 21.6. The van der Waals surface area contributed by atoms with Crippen LogP contribution < -0.4 is 0 Å². The van der Waals surface area contributed by atoms with Gasteiger partial charge < -0.3 is 14.4 Å². The third kappa shape index (κ3) is 5.17. The molecule has 1 heterocycles. The molecule has 0 fully saturated rings. The molecule has 5 heteroatoms. The average molecular weight is 430 g/mol. The predicted octanol–water partition coefficient (Wildman–Crippen LogP) is 5.92. The van der Waals surface area contributed by atoms with Crippen LogP contribution in [0.5, 0.6) is 0 Å². The normalized spacial score (nSPS) is 11.1. The maximum atomic E-state index is 13.3. The van der Waals surface area contributed by atoms with Gasteiger partial charge in [0.2, 0.25) is 0 Å². The van der Waals surface area contributed by atoms with Gasteiger partial charge in [-0.2, -0.15) is 0 Å². The fourth-order valence-electron chi connectivity index (χ4n) is 4.08. The second kappa shape index (κ2) is 10.1. The first-order valence-corrected chi connectivity index (χ1v) is 11.1. The van der Waals surface area contributed by atoms with Crippen LogP contribution in [0.3, 0.4) is 0 Å². The molecule has 164 valence electrons. The van der Waals surface area contributed by atoms with Crippen LogP contribution in [0.15, 0.2) is 77.2 Å². The Hall–Kier alpha value is -3.60. The summed E-state index contributed by atoms with van der Waals surface area (Å²) in [7, 11) is 0. The van der Waals surface area contributed by atoms with E-state index < -0.39 is 5.97 Å². The molecule has 0 radical (unpaired) electrons. The zero-order chi connectivity index (χ0) is 22.3. The van der Waals surface area contributed by atoms with Crippen molar-refractivity contribution in [1.82, 2.24) is 4.90 Å². The maximum absolute atomic E-state index is 13.3. The Morgan fingerprint density at radius 3 is 2.38 bits per heavy atom. The molecule has 0 aliphatic carbocycles. The van der Waals surface area contributed by atoms with Crippen molar-refractivity contribution >= 4 is 33.6 Å². The minimum Gasteiger partial charge on any atom is -0.481 e.